The maximum Gasteiger partial charge on any atom is 0.227 e. The highest BCUT2D eigenvalue weighted by atomic mass is 32.1. The van der Waals surface area contributed by atoms with E-state index >= 15 is 0 Å². The van der Waals surface area contributed by atoms with Crippen LogP contribution >= 0.6 is 11.3 Å². The summed E-state index contributed by atoms with van der Waals surface area (Å²) < 4.78 is 31.6. The number of rotatable bonds is 5. The highest BCUT2D eigenvalue weighted by Gasteiger charge is 2.29. The molecule has 1 saturated heterocycles. The number of thiazole rings is 1. The first kappa shape index (κ1) is 24.9. The molecule has 0 spiro atoms. The zero-order chi connectivity index (χ0) is 25.2. The molecule has 5 rings (SSSR count). The van der Waals surface area contributed by atoms with Crippen LogP contribution in [-0.4, -0.2) is 36.0 Å². The lowest BCUT2D eigenvalue weighted by Crippen LogP contribution is -2.38. The maximum atomic E-state index is 14.4. The number of halogens is 1. The average molecular weight is 511 g/mol. The van der Waals surface area contributed by atoms with Crippen molar-refractivity contribution in [2.75, 3.05) is 20.2 Å². The van der Waals surface area contributed by atoms with Gasteiger partial charge in [-0.25, -0.2) is 9.37 Å². The summed E-state index contributed by atoms with van der Waals surface area (Å²) in [5.41, 5.74) is 5.28. The number of piperidine rings is 1. The molecule has 2 aromatic carbocycles. The lowest BCUT2D eigenvalue weighted by molar-refractivity contribution is -0.155. The number of aryl methyl sites for hydroxylation is 2. The van der Waals surface area contributed by atoms with Crippen molar-refractivity contribution in [2.45, 2.75) is 58.5 Å². The van der Waals surface area contributed by atoms with E-state index in [2.05, 4.69) is 32.0 Å². The van der Waals surface area contributed by atoms with Crippen LogP contribution in [0.5, 0.6) is 5.75 Å². The largest absolute Gasteiger partial charge is 0.496 e. The van der Waals surface area contributed by atoms with Crippen molar-refractivity contribution in [3.63, 3.8) is 0 Å². The monoisotopic (exact) mass is 510 g/mol. The first-order valence-corrected chi connectivity index (χ1v) is 13.2. The van der Waals surface area contributed by atoms with Gasteiger partial charge in [0, 0.05) is 35.5 Å². The molecule has 1 atom stereocenters. The van der Waals surface area contributed by atoms with Crippen molar-refractivity contribution in [3.05, 3.63) is 80.0 Å². The second kappa shape index (κ2) is 10.7. The average Bonchev–Trinajstić information content (AvgIpc) is 3.26. The van der Waals surface area contributed by atoms with Crippen molar-refractivity contribution in [3.8, 4) is 5.75 Å². The molecule has 2 aliphatic rings. The van der Waals surface area contributed by atoms with Crippen molar-refractivity contribution < 1.29 is 23.4 Å². The predicted molar refractivity (Wildman–Crippen MR) is 136 cm³/mol. The third-order valence-electron chi connectivity index (χ3n) is 7.13. The van der Waals surface area contributed by atoms with Gasteiger partial charge in [0.2, 0.25) is 12.2 Å². The molecule has 0 radical (unpaired) electrons. The number of aromatic nitrogens is 1. The summed E-state index contributed by atoms with van der Waals surface area (Å²) >= 11 is 1.59. The Labute approximate surface area is 215 Å². The lowest BCUT2D eigenvalue weighted by atomic mass is 9.96. The lowest BCUT2D eigenvalue weighted by Gasteiger charge is -2.31. The van der Waals surface area contributed by atoms with E-state index in [-0.39, 0.29) is 24.9 Å². The Kier molecular flexibility index (Phi) is 7.37. The minimum Gasteiger partial charge on any atom is -0.496 e. The van der Waals surface area contributed by atoms with Crippen LogP contribution in [0.15, 0.2) is 35.7 Å². The Morgan fingerprint density at radius 3 is 2.64 bits per heavy atom. The van der Waals surface area contributed by atoms with Crippen LogP contribution in [0.3, 0.4) is 0 Å². The summed E-state index contributed by atoms with van der Waals surface area (Å²) in [6.07, 6.45) is 1.55. The molecule has 3 heterocycles. The minimum atomic E-state index is -0.661. The molecule has 0 saturated carbocycles. The van der Waals surface area contributed by atoms with Crippen LogP contribution in [0.2, 0.25) is 0 Å². The standard InChI is InChI=1S/C28H31FN2O4S/c1-17-4-5-18(2)20(12-17)13-26(32)31-10-8-19(9-11-31)27-30-24(16-36-27)28-34-14-21-22(15-35-28)25(33-3)7-6-23(21)29/h4-7,12,16,19,28H,8-11,13-15H2,1-3H3. The summed E-state index contributed by atoms with van der Waals surface area (Å²) in [7, 11) is 1.56. The molecule has 1 fully saturated rings. The second-order valence-corrected chi connectivity index (χ2v) is 10.4. The zero-order valence-corrected chi connectivity index (χ0v) is 21.7. The molecule has 1 amide bonds. The number of fused-ring (bicyclic) bond motifs is 1. The van der Waals surface area contributed by atoms with Crippen molar-refractivity contribution in [1.82, 2.24) is 9.88 Å². The van der Waals surface area contributed by atoms with E-state index in [9.17, 15) is 9.18 Å². The molecule has 0 bridgehead atoms. The van der Waals surface area contributed by atoms with E-state index in [0.29, 0.717) is 34.9 Å². The van der Waals surface area contributed by atoms with Crippen molar-refractivity contribution in [2.24, 2.45) is 0 Å². The first-order chi connectivity index (χ1) is 17.4. The summed E-state index contributed by atoms with van der Waals surface area (Å²) in [6, 6.07) is 9.27. The van der Waals surface area contributed by atoms with Crippen LogP contribution in [0.4, 0.5) is 4.39 Å². The van der Waals surface area contributed by atoms with Gasteiger partial charge in [0.1, 0.15) is 17.3 Å². The predicted octanol–water partition coefficient (Wildman–Crippen LogP) is 5.60. The molecule has 6 nitrogen and oxygen atoms in total. The summed E-state index contributed by atoms with van der Waals surface area (Å²) in [6.45, 7) is 5.86. The van der Waals surface area contributed by atoms with Crippen LogP contribution in [0, 0.1) is 19.7 Å². The van der Waals surface area contributed by atoms with Gasteiger partial charge in [-0.2, -0.15) is 0 Å². The van der Waals surface area contributed by atoms with Crippen molar-refractivity contribution >= 4 is 17.2 Å². The van der Waals surface area contributed by atoms with E-state index in [1.807, 2.05) is 10.3 Å². The van der Waals surface area contributed by atoms with Gasteiger partial charge in [-0.05, 0) is 49.9 Å². The number of likely N-dealkylation sites (tertiary alicyclic amines) is 1. The quantitative estimate of drug-likeness (QED) is 0.447. The van der Waals surface area contributed by atoms with E-state index < -0.39 is 6.29 Å². The fourth-order valence-corrected chi connectivity index (χ4v) is 5.91. The Hall–Kier alpha value is -2.81. The van der Waals surface area contributed by atoms with E-state index in [0.717, 1.165) is 42.1 Å². The van der Waals surface area contributed by atoms with E-state index in [1.165, 1.54) is 11.6 Å². The van der Waals surface area contributed by atoms with Gasteiger partial charge >= 0.3 is 0 Å². The van der Waals surface area contributed by atoms with Gasteiger partial charge in [0.15, 0.2) is 0 Å². The Balaban J connectivity index is 1.19. The number of ether oxygens (including phenoxy) is 3. The summed E-state index contributed by atoms with van der Waals surface area (Å²) in [4.78, 5) is 19.7. The van der Waals surface area contributed by atoms with Gasteiger partial charge in [-0.3, -0.25) is 4.79 Å². The Morgan fingerprint density at radius 1 is 1.14 bits per heavy atom. The molecule has 3 aromatic rings. The molecule has 1 aromatic heterocycles. The van der Waals surface area contributed by atoms with Crippen molar-refractivity contribution in [1.29, 1.82) is 0 Å². The zero-order valence-electron chi connectivity index (χ0n) is 20.9. The molecule has 190 valence electrons. The molecular weight excluding hydrogens is 479 g/mol. The Morgan fingerprint density at radius 2 is 1.89 bits per heavy atom. The van der Waals surface area contributed by atoms with Crippen LogP contribution in [0.1, 0.15) is 63.6 Å². The number of hydrogen-bond acceptors (Lipinski definition) is 6. The van der Waals surface area contributed by atoms with Gasteiger partial charge in [-0.1, -0.05) is 23.8 Å². The van der Waals surface area contributed by atoms with Crippen LogP contribution in [-0.2, 0) is 33.9 Å². The number of benzene rings is 2. The first-order valence-electron chi connectivity index (χ1n) is 12.3. The van der Waals surface area contributed by atoms with Crippen LogP contribution in [0.25, 0.3) is 0 Å². The van der Waals surface area contributed by atoms with Gasteiger partial charge < -0.3 is 19.1 Å². The third-order valence-corrected chi connectivity index (χ3v) is 8.16. The van der Waals surface area contributed by atoms with Gasteiger partial charge in [0.05, 0.1) is 31.8 Å². The molecule has 0 N–H and O–H groups in total. The number of nitrogens with zero attached hydrogens (tertiary/aromatic N) is 2. The number of methoxy groups -OCH3 is 1. The SMILES string of the molecule is COc1ccc(F)c2c1COC(c1csc(C3CCN(C(=O)Cc4cc(C)ccc4C)CC3)n1)OC2. The number of hydrogen-bond donors (Lipinski definition) is 0. The summed E-state index contributed by atoms with van der Waals surface area (Å²) in [5.74, 6) is 0.750. The Bertz CT molecular complexity index is 1250. The van der Waals surface area contributed by atoms with Gasteiger partial charge in [-0.15, -0.1) is 11.3 Å². The maximum absolute atomic E-state index is 14.4. The van der Waals surface area contributed by atoms with Crippen LogP contribution < -0.4 is 4.74 Å². The molecular formula is C28H31FN2O4S. The highest BCUT2D eigenvalue weighted by molar-refractivity contribution is 7.09. The van der Waals surface area contributed by atoms with E-state index in [1.54, 1.807) is 24.5 Å². The number of amides is 1. The molecule has 2 aliphatic heterocycles. The molecule has 8 heteroatoms. The topological polar surface area (TPSA) is 60.9 Å². The smallest absolute Gasteiger partial charge is 0.227 e. The summed E-state index contributed by atoms with van der Waals surface area (Å²) in [5, 5.41) is 2.99. The fraction of sp³-hybridized carbons (Fsp3) is 0.429. The molecule has 36 heavy (non-hydrogen) atoms. The highest BCUT2D eigenvalue weighted by Crippen LogP contribution is 2.36. The van der Waals surface area contributed by atoms with Gasteiger partial charge in [0.25, 0.3) is 0 Å². The normalized spacial score (nSPS) is 18.6. The minimum absolute atomic E-state index is 0.0941. The number of carbonyl (C=O) groups is 1. The second-order valence-electron chi connectivity index (χ2n) is 9.53. The molecule has 0 aliphatic carbocycles. The van der Waals surface area contributed by atoms with E-state index in [4.69, 9.17) is 19.2 Å². The fourth-order valence-electron chi connectivity index (χ4n) is 4.92. The number of carbonyl (C=O) groups excluding carboxylic acids is 1. The molecule has 1 unspecified atom stereocenters. The third kappa shape index (κ3) is 5.16.